The van der Waals surface area contributed by atoms with Crippen molar-refractivity contribution in [1.29, 1.82) is 0 Å². The Bertz CT molecular complexity index is 1250. The van der Waals surface area contributed by atoms with Gasteiger partial charge in [0, 0.05) is 20.5 Å². The van der Waals surface area contributed by atoms with Crippen molar-refractivity contribution in [2.75, 3.05) is 13.2 Å². The number of carbonyl (C=O) groups is 1. The molecular formula is C23H23BrClN3O4. The minimum atomic E-state index is -0.485. The lowest BCUT2D eigenvalue weighted by Crippen LogP contribution is -2.29. The molecule has 0 N–H and O–H groups in total. The van der Waals surface area contributed by atoms with Gasteiger partial charge in [-0.2, -0.15) is 9.78 Å². The number of halogens is 2. The number of hydrogen-bond donors (Lipinski definition) is 0. The number of fused-ring (bicyclic) bond motifs is 1. The minimum Gasteiger partial charge on any atom is -0.481 e. The maximum atomic E-state index is 13.3. The lowest BCUT2D eigenvalue weighted by molar-refractivity contribution is -0.145. The Morgan fingerprint density at radius 3 is 2.69 bits per heavy atom. The molecule has 0 amide bonds. The van der Waals surface area contributed by atoms with Crippen LogP contribution in [0.5, 0.6) is 5.75 Å². The van der Waals surface area contributed by atoms with Gasteiger partial charge in [-0.3, -0.25) is 4.79 Å². The second kappa shape index (κ2) is 9.83. The molecule has 0 saturated carbocycles. The highest BCUT2D eigenvalue weighted by atomic mass is 79.9. The van der Waals surface area contributed by atoms with Gasteiger partial charge in [0.2, 0.25) is 0 Å². The molecule has 0 spiro atoms. The van der Waals surface area contributed by atoms with Crippen LogP contribution in [0.3, 0.4) is 0 Å². The Kier molecular flexibility index (Phi) is 7.36. The number of rotatable bonds is 6. The summed E-state index contributed by atoms with van der Waals surface area (Å²) in [6, 6.07) is 10.3. The van der Waals surface area contributed by atoms with E-state index in [0.29, 0.717) is 33.1 Å². The van der Waals surface area contributed by atoms with E-state index in [4.69, 9.17) is 26.1 Å². The highest BCUT2D eigenvalue weighted by Crippen LogP contribution is 2.24. The van der Waals surface area contributed by atoms with Gasteiger partial charge >= 0.3 is 5.97 Å². The number of nitrogens with zero attached hydrogens (tertiary/aromatic N) is 3. The molecule has 0 aliphatic heterocycles. The van der Waals surface area contributed by atoms with E-state index in [1.165, 1.54) is 10.9 Å². The van der Waals surface area contributed by atoms with Crippen molar-refractivity contribution < 1.29 is 14.3 Å². The Hall–Kier alpha value is -2.71. The molecule has 0 aliphatic rings. The summed E-state index contributed by atoms with van der Waals surface area (Å²) in [6.45, 7) is 7.60. The molecule has 1 heterocycles. The first-order chi connectivity index (χ1) is 15.1. The second-order valence-corrected chi connectivity index (χ2v) is 9.34. The van der Waals surface area contributed by atoms with Crippen LogP contribution in [0.15, 0.2) is 50.8 Å². The smallest absolute Gasteiger partial charge is 0.344 e. The van der Waals surface area contributed by atoms with Crippen molar-refractivity contribution in [1.82, 2.24) is 9.66 Å². The Labute approximate surface area is 199 Å². The van der Waals surface area contributed by atoms with E-state index >= 15 is 0 Å². The largest absolute Gasteiger partial charge is 0.481 e. The molecule has 168 valence electrons. The monoisotopic (exact) mass is 519 g/mol. The Balaban J connectivity index is 2.08. The fourth-order valence-electron chi connectivity index (χ4n) is 2.95. The first-order valence-electron chi connectivity index (χ1n) is 9.95. The van der Waals surface area contributed by atoms with Crippen molar-refractivity contribution in [3.05, 3.63) is 67.6 Å². The van der Waals surface area contributed by atoms with E-state index in [-0.39, 0.29) is 18.8 Å². The van der Waals surface area contributed by atoms with Crippen LogP contribution in [0.1, 0.15) is 39.1 Å². The number of benzene rings is 2. The molecule has 32 heavy (non-hydrogen) atoms. The van der Waals surface area contributed by atoms with Gasteiger partial charge in [-0.1, -0.05) is 48.3 Å². The fraction of sp³-hybridized carbons (Fsp3) is 0.304. The third-order valence-corrected chi connectivity index (χ3v) is 5.14. The summed E-state index contributed by atoms with van der Waals surface area (Å²) in [5, 5.41) is 5.33. The van der Waals surface area contributed by atoms with Gasteiger partial charge in [0.25, 0.3) is 5.56 Å². The Morgan fingerprint density at radius 1 is 1.25 bits per heavy atom. The summed E-state index contributed by atoms with van der Waals surface area (Å²) >= 11 is 9.55. The average Bonchev–Trinajstić information content (AvgIpc) is 2.72. The number of hydrogen-bond acceptors (Lipinski definition) is 6. The normalized spacial score (nSPS) is 11.8. The van der Waals surface area contributed by atoms with Gasteiger partial charge < -0.3 is 9.47 Å². The minimum absolute atomic E-state index is 0.255. The third-order valence-electron chi connectivity index (χ3n) is 4.41. The highest BCUT2D eigenvalue weighted by molar-refractivity contribution is 9.10. The summed E-state index contributed by atoms with van der Waals surface area (Å²) in [6.07, 6.45) is 1.47. The molecule has 0 saturated heterocycles. The number of aromatic nitrogens is 2. The van der Waals surface area contributed by atoms with Crippen molar-refractivity contribution >= 4 is 50.6 Å². The molecule has 0 aliphatic carbocycles. The molecule has 7 nitrogen and oxygen atoms in total. The maximum absolute atomic E-state index is 13.3. The summed E-state index contributed by atoms with van der Waals surface area (Å²) in [4.78, 5) is 29.6. The van der Waals surface area contributed by atoms with Crippen LogP contribution in [0.4, 0.5) is 0 Å². The zero-order chi connectivity index (χ0) is 23.5. The topological polar surface area (TPSA) is 82.8 Å². The molecule has 0 radical (unpaired) electrons. The molecule has 2 aromatic carbocycles. The molecule has 0 atom stereocenters. The lowest BCUT2D eigenvalue weighted by Gasteiger charge is -2.21. The summed E-state index contributed by atoms with van der Waals surface area (Å²) in [5.41, 5.74) is 0.349. The van der Waals surface area contributed by atoms with Crippen LogP contribution >= 0.6 is 27.5 Å². The van der Waals surface area contributed by atoms with Crippen molar-refractivity contribution in [2.24, 2.45) is 5.10 Å². The summed E-state index contributed by atoms with van der Waals surface area (Å²) in [7, 11) is 0. The van der Waals surface area contributed by atoms with E-state index in [1.807, 2.05) is 26.8 Å². The van der Waals surface area contributed by atoms with E-state index in [1.54, 1.807) is 37.3 Å². The SMILES string of the molecule is CCOC(=O)COc1ccc(Cl)cc1C=Nn1c(C(C)(C)C)nc2ccc(Br)cc2c1=O. The number of carbonyl (C=O) groups excluding carboxylic acids is 1. The van der Waals surface area contributed by atoms with Crippen LogP contribution < -0.4 is 10.3 Å². The molecule has 0 fully saturated rings. The average molecular weight is 521 g/mol. The molecule has 0 bridgehead atoms. The van der Waals surface area contributed by atoms with Gasteiger partial charge in [-0.25, -0.2) is 9.78 Å². The number of ether oxygens (including phenoxy) is 2. The predicted molar refractivity (Wildman–Crippen MR) is 129 cm³/mol. The molecule has 3 rings (SSSR count). The van der Waals surface area contributed by atoms with Crippen molar-refractivity contribution in [3.63, 3.8) is 0 Å². The van der Waals surface area contributed by atoms with E-state index in [2.05, 4.69) is 21.0 Å². The summed E-state index contributed by atoms with van der Waals surface area (Å²) < 4.78 is 12.5. The fourth-order valence-corrected chi connectivity index (χ4v) is 3.49. The van der Waals surface area contributed by atoms with E-state index < -0.39 is 11.4 Å². The van der Waals surface area contributed by atoms with Gasteiger partial charge in [0.05, 0.1) is 23.7 Å². The Morgan fingerprint density at radius 2 is 2.00 bits per heavy atom. The maximum Gasteiger partial charge on any atom is 0.344 e. The van der Waals surface area contributed by atoms with Gasteiger partial charge in [0.1, 0.15) is 11.6 Å². The highest BCUT2D eigenvalue weighted by Gasteiger charge is 2.23. The van der Waals surface area contributed by atoms with E-state index in [9.17, 15) is 9.59 Å². The zero-order valence-electron chi connectivity index (χ0n) is 18.2. The first kappa shape index (κ1) is 23.9. The van der Waals surface area contributed by atoms with Crippen LogP contribution in [0.2, 0.25) is 5.02 Å². The summed E-state index contributed by atoms with van der Waals surface area (Å²) in [5.74, 6) is 0.401. The van der Waals surface area contributed by atoms with E-state index in [0.717, 1.165) is 4.47 Å². The molecule has 3 aromatic rings. The number of esters is 1. The standard InChI is InChI=1S/C23H23BrClN3O4/c1-5-31-20(29)13-32-19-9-7-16(25)10-14(19)12-26-28-21(30)17-11-15(24)6-8-18(17)27-22(28)23(2,3)4/h6-12H,5,13H2,1-4H3. The molecule has 1 aromatic heterocycles. The molecule has 9 heteroatoms. The van der Waals surface area contributed by atoms with Crippen LogP contribution in [-0.2, 0) is 14.9 Å². The zero-order valence-corrected chi connectivity index (χ0v) is 20.5. The molecular weight excluding hydrogens is 498 g/mol. The van der Waals surface area contributed by atoms with Gasteiger partial charge in [-0.05, 0) is 43.3 Å². The van der Waals surface area contributed by atoms with Gasteiger partial charge in [0.15, 0.2) is 6.61 Å². The van der Waals surface area contributed by atoms with Crippen molar-refractivity contribution in [2.45, 2.75) is 33.1 Å². The van der Waals surface area contributed by atoms with Crippen LogP contribution in [-0.4, -0.2) is 35.1 Å². The van der Waals surface area contributed by atoms with Crippen LogP contribution in [0, 0.1) is 0 Å². The third kappa shape index (κ3) is 5.55. The van der Waals surface area contributed by atoms with Gasteiger partial charge in [-0.15, -0.1) is 0 Å². The molecule has 0 unspecified atom stereocenters. The second-order valence-electron chi connectivity index (χ2n) is 7.98. The predicted octanol–water partition coefficient (Wildman–Crippen LogP) is 4.93. The first-order valence-corrected chi connectivity index (χ1v) is 11.1. The van der Waals surface area contributed by atoms with Crippen LogP contribution in [0.25, 0.3) is 10.9 Å². The quantitative estimate of drug-likeness (QED) is 0.340. The van der Waals surface area contributed by atoms with Crippen molar-refractivity contribution in [3.8, 4) is 5.75 Å². The lowest BCUT2D eigenvalue weighted by atomic mass is 9.95.